The van der Waals surface area contributed by atoms with Gasteiger partial charge >= 0.3 is 0 Å². The average molecular weight is 250 g/mol. The molecule has 0 aliphatic carbocycles. The van der Waals surface area contributed by atoms with Gasteiger partial charge in [-0.3, -0.25) is 0 Å². The molecule has 0 saturated carbocycles. The Kier molecular flexibility index (Phi) is 2.98. The highest BCUT2D eigenvalue weighted by Crippen LogP contribution is 2.26. The van der Waals surface area contributed by atoms with E-state index in [1.165, 1.54) is 0 Å². The summed E-state index contributed by atoms with van der Waals surface area (Å²) < 4.78 is 1.85. The minimum atomic E-state index is 0.0179. The van der Waals surface area contributed by atoms with Crippen molar-refractivity contribution < 1.29 is 0 Å². The Hall–Kier alpha value is -2.62. The molecule has 1 heterocycles. The first-order chi connectivity index (χ1) is 9.34. The van der Waals surface area contributed by atoms with Crippen molar-refractivity contribution in [2.75, 3.05) is 5.73 Å². The van der Waals surface area contributed by atoms with Crippen LogP contribution in [-0.2, 0) is 0 Å². The van der Waals surface area contributed by atoms with Crippen molar-refractivity contribution in [2.45, 2.75) is 6.04 Å². The summed E-state index contributed by atoms with van der Waals surface area (Å²) in [6.07, 6.45) is 3.28. The van der Waals surface area contributed by atoms with E-state index in [1.54, 1.807) is 12.7 Å². The quantitative estimate of drug-likeness (QED) is 0.727. The number of benzene rings is 2. The van der Waals surface area contributed by atoms with E-state index < -0.39 is 0 Å². The zero-order chi connectivity index (χ0) is 13.1. The highest BCUT2D eigenvalue weighted by molar-refractivity contribution is 5.42. The Morgan fingerprint density at radius 2 is 1.58 bits per heavy atom. The van der Waals surface area contributed by atoms with Crippen molar-refractivity contribution >= 4 is 5.69 Å². The van der Waals surface area contributed by atoms with Gasteiger partial charge in [0, 0.05) is 5.69 Å². The topological polar surface area (TPSA) is 56.7 Å². The molecule has 0 saturated heterocycles. The van der Waals surface area contributed by atoms with E-state index in [0.29, 0.717) is 0 Å². The summed E-state index contributed by atoms with van der Waals surface area (Å²) in [6, 6.07) is 18.1. The van der Waals surface area contributed by atoms with Crippen molar-refractivity contribution in [1.29, 1.82) is 0 Å². The van der Waals surface area contributed by atoms with E-state index in [4.69, 9.17) is 5.73 Å². The maximum atomic E-state index is 5.75. The highest BCUT2D eigenvalue weighted by Gasteiger charge is 2.16. The van der Waals surface area contributed by atoms with Crippen molar-refractivity contribution in [3.05, 3.63) is 78.4 Å². The van der Waals surface area contributed by atoms with E-state index >= 15 is 0 Å². The van der Waals surface area contributed by atoms with Gasteiger partial charge in [-0.1, -0.05) is 42.5 Å². The minimum absolute atomic E-state index is 0.0179. The summed E-state index contributed by atoms with van der Waals surface area (Å²) in [5.41, 5.74) is 8.80. The van der Waals surface area contributed by atoms with E-state index in [0.717, 1.165) is 16.8 Å². The summed E-state index contributed by atoms with van der Waals surface area (Å²) in [5, 5.41) is 4.27. The number of hydrogen-bond donors (Lipinski definition) is 1. The average Bonchev–Trinajstić information content (AvgIpc) is 2.96. The van der Waals surface area contributed by atoms with Crippen LogP contribution in [0.15, 0.2) is 67.3 Å². The van der Waals surface area contributed by atoms with Crippen LogP contribution in [0.2, 0.25) is 0 Å². The molecule has 3 rings (SSSR count). The van der Waals surface area contributed by atoms with E-state index in [9.17, 15) is 0 Å². The van der Waals surface area contributed by atoms with Gasteiger partial charge < -0.3 is 5.73 Å². The van der Waals surface area contributed by atoms with E-state index in [-0.39, 0.29) is 6.04 Å². The van der Waals surface area contributed by atoms with Gasteiger partial charge in [-0.25, -0.2) is 9.67 Å². The Balaban J connectivity index is 2.10. The molecule has 0 spiro atoms. The summed E-state index contributed by atoms with van der Waals surface area (Å²) >= 11 is 0. The zero-order valence-corrected chi connectivity index (χ0v) is 10.3. The van der Waals surface area contributed by atoms with Crippen LogP contribution in [0.3, 0.4) is 0 Å². The maximum Gasteiger partial charge on any atom is 0.137 e. The predicted octanol–water partition coefficient (Wildman–Crippen LogP) is 2.50. The van der Waals surface area contributed by atoms with Gasteiger partial charge in [-0.15, -0.1) is 0 Å². The van der Waals surface area contributed by atoms with Gasteiger partial charge in [0.1, 0.15) is 18.7 Å². The number of anilines is 1. The molecule has 1 atom stereocenters. The molecule has 0 amide bonds. The molecule has 2 aromatic carbocycles. The first kappa shape index (κ1) is 11.5. The van der Waals surface area contributed by atoms with Crippen LogP contribution in [0.5, 0.6) is 0 Å². The lowest BCUT2D eigenvalue weighted by Gasteiger charge is -2.18. The van der Waals surface area contributed by atoms with Gasteiger partial charge in [0.15, 0.2) is 0 Å². The van der Waals surface area contributed by atoms with Gasteiger partial charge in [0.05, 0.1) is 0 Å². The molecule has 1 unspecified atom stereocenters. The van der Waals surface area contributed by atoms with Crippen LogP contribution in [0.25, 0.3) is 0 Å². The van der Waals surface area contributed by atoms with Crippen LogP contribution in [0, 0.1) is 0 Å². The lowest BCUT2D eigenvalue weighted by Crippen LogP contribution is -2.12. The second-order valence-corrected chi connectivity index (χ2v) is 4.36. The van der Waals surface area contributed by atoms with Crippen LogP contribution in [0.4, 0.5) is 5.69 Å². The summed E-state index contributed by atoms with van der Waals surface area (Å²) in [7, 11) is 0. The third-order valence-electron chi connectivity index (χ3n) is 3.07. The van der Waals surface area contributed by atoms with Crippen molar-refractivity contribution in [2.24, 2.45) is 0 Å². The van der Waals surface area contributed by atoms with Gasteiger partial charge in [-0.05, 0) is 23.3 Å². The fourth-order valence-electron chi connectivity index (χ4n) is 2.16. The molecule has 0 aliphatic heterocycles. The standard InChI is InChI=1S/C15H14N4/c16-14-8-6-13(7-9-14)15(19-11-17-10-18-19)12-4-2-1-3-5-12/h1-11,15H,16H2. The van der Waals surface area contributed by atoms with Crippen LogP contribution in [-0.4, -0.2) is 14.8 Å². The van der Waals surface area contributed by atoms with E-state index in [2.05, 4.69) is 22.2 Å². The Labute approximate surface area is 111 Å². The van der Waals surface area contributed by atoms with Crippen LogP contribution < -0.4 is 5.73 Å². The minimum Gasteiger partial charge on any atom is -0.399 e. The molecular weight excluding hydrogens is 236 g/mol. The molecule has 19 heavy (non-hydrogen) atoms. The zero-order valence-electron chi connectivity index (χ0n) is 10.3. The molecule has 0 radical (unpaired) electrons. The third-order valence-corrected chi connectivity index (χ3v) is 3.07. The lowest BCUT2D eigenvalue weighted by molar-refractivity contribution is 0.594. The maximum absolute atomic E-state index is 5.75. The molecule has 0 fully saturated rings. The van der Waals surface area contributed by atoms with Crippen molar-refractivity contribution in [3.63, 3.8) is 0 Å². The largest absolute Gasteiger partial charge is 0.399 e. The second kappa shape index (κ2) is 4.94. The van der Waals surface area contributed by atoms with Gasteiger partial charge in [0.25, 0.3) is 0 Å². The molecule has 0 bridgehead atoms. The first-order valence-corrected chi connectivity index (χ1v) is 6.09. The summed E-state index contributed by atoms with van der Waals surface area (Å²) in [6.45, 7) is 0. The molecular formula is C15H14N4. The molecule has 3 aromatic rings. The number of nitrogens with two attached hydrogens (primary N) is 1. The molecule has 1 aromatic heterocycles. The SMILES string of the molecule is Nc1ccc(C(c2ccccc2)n2cncn2)cc1. The second-order valence-electron chi connectivity index (χ2n) is 4.36. The van der Waals surface area contributed by atoms with Crippen molar-refractivity contribution in [1.82, 2.24) is 14.8 Å². The molecule has 0 aliphatic rings. The predicted molar refractivity (Wildman–Crippen MR) is 74.6 cm³/mol. The Bertz CT molecular complexity index is 630. The summed E-state index contributed by atoms with van der Waals surface area (Å²) in [4.78, 5) is 4.04. The van der Waals surface area contributed by atoms with Crippen LogP contribution >= 0.6 is 0 Å². The molecule has 94 valence electrons. The monoisotopic (exact) mass is 250 g/mol. The first-order valence-electron chi connectivity index (χ1n) is 6.09. The number of rotatable bonds is 3. The Morgan fingerprint density at radius 3 is 2.21 bits per heavy atom. The fraction of sp³-hybridized carbons (Fsp3) is 0.0667. The summed E-state index contributed by atoms with van der Waals surface area (Å²) in [5.74, 6) is 0. The molecule has 2 N–H and O–H groups in total. The van der Waals surface area contributed by atoms with Crippen LogP contribution in [0.1, 0.15) is 17.2 Å². The Morgan fingerprint density at radius 1 is 0.895 bits per heavy atom. The smallest absolute Gasteiger partial charge is 0.137 e. The van der Waals surface area contributed by atoms with Gasteiger partial charge in [-0.2, -0.15) is 5.10 Å². The number of aromatic nitrogens is 3. The van der Waals surface area contributed by atoms with Gasteiger partial charge in [0.2, 0.25) is 0 Å². The third kappa shape index (κ3) is 2.33. The highest BCUT2D eigenvalue weighted by atomic mass is 15.3. The molecule has 4 heteroatoms. The van der Waals surface area contributed by atoms with E-state index in [1.807, 2.05) is 47.1 Å². The number of nitrogen functional groups attached to an aromatic ring is 1. The fourth-order valence-corrected chi connectivity index (χ4v) is 2.16. The number of nitrogens with zero attached hydrogens (tertiary/aromatic N) is 3. The number of hydrogen-bond acceptors (Lipinski definition) is 3. The van der Waals surface area contributed by atoms with Crippen molar-refractivity contribution in [3.8, 4) is 0 Å². The molecule has 4 nitrogen and oxygen atoms in total. The normalized spacial score (nSPS) is 12.2. The lowest BCUT2D eigenvalue weighted by atomic mass is 9.99.